The zero-order valence-electron chi connectivity index (χ0n) is 8.07. The van der Waals surface area contributed by atoms with Gasteiger partial charge >= 0.3 is 0 Å². The Kier molecular flexibility index (Phi) is 2.48. The molecule has 0 aliphatic heterocycles. The predicted octanol–water partition coefficient (Wildman–Crippen LogP) is 1.93. The third-order valence-corrected chi connectivity index (χ3v) is 2.65. The van der Waals surface area contributed by atoms with Crippen LogP contribution in [0.4, 0.5) is 0 Å². The van der Waals surface area contributed by atoms with Gasteiger partial charge in [-0.1, -0.05) is 0 Å². The predicted molar refractivity (Wildman–Crippen MR) is 58.9 cm³/mol. The summed E-state index contributed by atoms with van der Waals surface area (Å²) in [7, 11) is 0. The zero-order chi connectivity index (χ0) is 11.0. The minimum atomic E-state index is 0.0578. The molecule has 78 valence electrons. The van der Waals surface area contributed by atoms with Gasteiger partial charge in [0.2, 0.25) is 0 Å². The first-order valence-electron chi connectivity index (χ1n) is 4.43. The fourth-order valence-corrected chi connectivity index (χ4v) is 1.95. The second-order valence-electron chi connectivity index (χ2n) is 3.34. The number of aromatic nitrogens is 2. The van der Waals surface area contributed by atoms with E-state index in [4.69, 9.17) is 0 Å². The lowest BCUT2D eigenvalue weighted by molar-refractivity contribution is -0.116. The Bertz CT molecular complexity index is 533. The third-order valence-electron chi connectivity index (χ3n) is 2.06. The minimum Gasteiger partial charge on any atom is -0.508 e. The average Bonchev–Trinajstić information content (AvgIpc) is 2.42. The lowest BCUT2D eigenvalue weighted by atomic mass is 10.3. The lowest BCUT2D eigenvalue weighted by Gasteiger charge is -1.98. The van der Waals surface area contributed by atoms with Crippen molar-refractivity contribution in [2.75, 3.05) is 0 Å². The molecule has 0 aliphatic carbocycles. The Morgan fingerprint density at radius 2 is 2.40 bits per heavy atom. The van der Waals surface area contributed by atoms with Crippen molar-refractivity contribution in [2.24, 2.45) is 0 Å². The van der Waals surface area contributed by atoms with E-state index in [0.29, 0.717) is 10.4 Å². The normalized spacial score (nSPS) is 10.8. The van der Waals surface area contributed by atoms with Gasteiger partial charge in [-0.25, -0.2) is 4.98 Å². The van der Waals surface area contributed by atoms with Gasteiger partial charge in [-0.05, 0) is 28.9 Å². The number of carbonyl (C=O) groups is 1. The number of rotatable bonds is 2. The van der Waals surface area contributed by atoms with E-state index in [1.807, 2.05) is 0 Å². The average molecular weight is 269 g/mol. The van der Waals surface area contributed by atoms with Crippen molar-refractivity contribution in [2.45, 2.75) is 13.3 Å². The fourth-order valence-electron chi connectivity index (χ4n) is 1.44. The number of pyridine rings is 1. The highest BCUT2D eigenvalue weighted by Crippen LogP contribution is 2.22. The molecule has 2 heterocycles. The maximum absolute atomic E-state index is 11.0. The van der Waals surface area contributed by atoms with E-state index in [2.05, 4.69) is 20.9 Å². The van der Waals surface area contributed by atoms with E-state index in [1.165, 1.54) is 6.92 Å². The Morgan fingerprint density at radius 3 is 3.07 bits per heavy atom. The molecule has 2 aromatic heterocycles. The van der Waals surface area contributed by atoms with Gasteiger partial charge in [-0.2, -0.15) is 0 Å². The topological polar surface area (TPSA) is 54.6 Å². The van der Waals surface area contributed by atoms with Crippen LogP contribution in [0.15, 0.2) is 22.9 Å². The van der Waals surface area contributed by atoms with Crippen LogP contribution in [0.25, 0.3) is 5.52 Å². The van der Waals surface area contributed by atoms with Crippen LogP contribution in [0.2, 0.25) is 0 Å². The molecule has 0 amide bonds. The molecule has 15 heavy (non-hydrogen) atoms. The summed E-state index contributed by atoms with van der Waals surface area (Å²) < 4.78 is 2.42. The summed E-state index contributed by atoms with van der Waals surface area (Å²) in [5.41, 5.74) is 0.756. The van der Waals surface area contributed by atoms with Gasteiger partial charge in [-0.15, -0.1) is 0 Å². The van der Waals surface area contributed by atoms with Gasteiger partial charge in [0.1, 0.15) is 22.0 Å². The molecule has 2 rings (SSSR count). The molecule has 0 saturated carbocycles. The first-order valence-corrected chi connectivity index (χ1v) is 5.22. The molecule has 0 radical (unpaired) electrons. The van der Waals surface area contributed by atoms with Gasteiger partial charge in [0.15, 0.2) is 0 Å². The number of nitrogens with zero attached hydrogens (tertiary/aromatic N) is 2. The fraction of sp³-hybridized carbons (Fsp3) is 0.200. The van der Waals surface area contributed by atoms with E-state index in [-0.39, 0.29) is 18.0 Å². The minimum absolute atomic E-state index is 0.0578. The molecule has 0 atom stereocenters. The summed E-state index contributed by atoms with van der Waals surface area (Å²) in [5.74, 6) is 0.907. The number of halogens is 1. The van der Waals surface area contributed by atoms with E-state index in [9.17, 15) is 9.90 Å². The number of hydrogen-bond acceptors (Lipinski definition) is 3. The summed E-state index contributed by atoms with van der Waals surface area (Å²) in [4.78, 5) is 15.2. The maximum atomic E-state index is 11.0. The van der Waals surface area contributed by atoms with Gasteiger partial charge in [-0.3, -0.25) is 4.79 Å². The Morgan fingerprint density at radius 1 is 1.67 bits per heavy atom. The van der Waals surface area contributed by atoms with Crippen molar-refractivity contribution in [1.29, 1.82) is 0 Å². The monoisotopic (exact) mass is 268 g/mol. The van der Waals surface area contributed by atoms with Crippen LogP contribution in [-0.2, 0) is 11.2 Å². The van der Waals surface area contributed by atoms with Crippen LogP contribution < -0.4 is 0 Å². The molecule has 1 N–H and O–H groups in total. The molecule has 0 unspecified atom stereocenters. The zero-order valence-corrected chi connectivity index (χ0v) is 9.65. The highest BCUT2D eigenvalue weighted by molar-refractivity contribution is 9.10. The van der Waals surface area contributed by atoms with Gasteiger partial charge in [0.25, 0.3) is 0 Å². The molecule has 0 fully saturated rings. The van der Waals surface area contributed by atoms with Crippen LogP contribution >= 0.6 is 15.9 Å². The number of ketones is 1. The molecule has 5 heteroatoms. The van der Waals surface area contributed by atoms with Crippen molar-refractivity contribution in [3.05, 3.63) is 28.8 Å². The van der Waals surface area contributed by atoms with E-state index in [1.54, 1.807) is 22.7 Å². The number of Topliss-reactive ketones (excluding diaryl/α,β-unsaturated/α-hetero) is 1. The second-order valence-corrected chi connectivity index (χ2v) is 4.09. The summed E-state index contributed by atoms with van der Waals surface area (Å²) in [6, 6.07) is 3.16. The molecule has 0 spiro atoms. The first kappa shape index (κ1) is 10.2. The molecule has 0 saturated heterocycles. The molecule has 2 aromatic rings. The van der Waals surface area contributed by atoms with Gasteiger partial charge in [0, 0.05) is 12.3 Å². The van der Waals surface area contributed by atoms with Crippen molar-refractivity contribution < 1.29 is 9.90 Å². The Balaban J connectivity index is 2.62. The second kappa shape index (κ2) is 3.66. The highest BCUT2D eigenvalue weighted by Gasteiger charge is 2.10. The smallest absolute Gasteiger partial charge is 0.137 e. The Hall–Kier alpha value is -1.36. The summed E-state index contributed by atoms with van der Waals surface area (Å²) in [6.45, 7) is 1.52. The van der Waals surface area contributed by atoms with Crippen LogP contribution in [0, 0.1) is 0 Å². The van der Waals surface area contributed by atoms with E-state index < -0.39 is 0 Å². The molecule has 4 nitrogen and oxygen atoms in total. The molecular formula is C10H9BrN2O2. The van der Waals surface area contributed by atoms with Crippen LogP contribution in [0.3, 0.4) is 0 Å². The van der Waals surface area contributed by atoms with Crippen LogP contribution in [0.5, 0.6) is 5.75 Å². The third kappa shape index (κ3) is 1.87. The summed E-state index contributed by atoms with van der Waals surface area (Å²) >= 11 is 3.29. The quantitative estimate of drug-likeness (QED) is 0.906. The summed E-state index contributed by atoms with van der Waals surface area (Å²) in [6.07, 6.45) is 1.98. The van der Waals surface area contributed by atoms with Crippen molar-refractivity contribution in [3.8, 4) is 5.75 Å². The largest absolute Gasteiger partial charge is 0.508 e. The van der Waals surface area contributed by atoms with Crippen molar-refractivity contribution >= 4 is 27.2 Å². The standard InChI is InChI=1S/C10H9BrN2O2/c1-6(14)4-9-12-10(11)8-5-7(15)2-3-13(8)9/h2-3,5,15H,4H2,1H3. The molecule has 0 aromatic carbocycles. The number of carbonyl (C=O) groups excluding carboxylic acids is 1. The number of aromatic hydroxyl groups is 1. The lowest BCUT2D eigenvalue weighted by Crippen LogP contribution is -2.01. The molecular weight excluding hydrogens is 260 g/mol. The summed E-state index contributed by atoms with van der Waals surface area (Å²) in [5, 5.41) is 9.32. The van der Waals surface area contributed by atoms with Crippen LogP contribution in [0.1, 0.15) is 12.7 Å². The van der Waals surface area contributed by atoms with Gasteiger partial charge in [0.05, 0.1) is 11.9 Å². The highest BCUT2D eigenvalue weighted by atomic mass is 79.9. The van der Waals surface area contributed by atoms with Crippen LogP contribution in [-0.4, -0.2) is 20.3 Å². The van der Waals surface area contributed by atoms with Crippen molar-refractivity contribution in [3.63, 3.8) is 0 Å². The maximum Gasteiger partial charge on any atom is 0.137 e. The van der Waals surface area contributed by atoms with E-state index >= 15 is 0 Å². The number of fused-ring (bicyclic) bond motifs is 1. The number of hydrogen-bond donors (Lipinski definition) is 1. The number of imidazole rings is 1. The first-order chi connectivity index (χ1) is 7.08. The van der Waals surface area contributed by atoms with E-state index in [0.717, 1.165) is 5.52 Å². The van der Waals surface area contributed by atoms with Crippen molar-refractivity contribution in [1.82, 2.24) is 9.38 Å². The SMILES string of the molecule is CC(=O)Cc1nc(Br)c2cc(O)ccn12. The molecule has 0 aliphatic rings. The molecule has 0 bridgehead atoms. The van der Waals surface area contributed by atoms with Gasteiger partial charge < -0.3 is 9.51 Å². The Labute approximate surface area is 94.7 Å².